The number of carbonyl (C=O) groups is 2. The Bertz CT molecular complexity index is 906. The fourth-order valence-electron chi connectivity index (χ4n) is 3.34. The van der Waals surface area contributed by atoms with Crippen LogP contribution in [-0.2, 0) is 9.59 Å². The van der Waals surface area contributed by atoms with Gasteiger partial charge in [0.15, 0.2) is 0 Å². The highest BCUT2D eigenvalue weighted by atomic mass is 35.5. The third-order valence-corrected chi connectivity index (χ3v) is 5.27. The number of hydrogen-bond donors (Lipinski definition) is 1. The Morgan fingerprint density at radius 2 is 1.80 bits per heavy atom. The van der Waals surface area contributed by atoms with Crippen LogP contribution in [0.1, 0.15) is 12.5 Å². The molecule has 30 heavy (non-hydrogen) atoms. The van der Waals surface area contributed by atoms with Crippen molar-refractivity contribution < 1.29 is 14.3 Å². The number of piperazine rings is 1. The predicted octanol–water partition coefficient (Wildman–Crippen LogP) is 3.22. The molecule has 2 aromatic carbocycles. The number of nitrogens with one attached hydrogen (secondary N) is 1. The number of ether oxygens (including phenoxy) is 1. The van der Waals surface area contributed by atoms with E-state index in [-0.39, 0.29) is 11.8 Å². The summed E-state index contributed by atoms with van der Waals surface area (Å²) in [5.74, 6) is 0.377. The molecule has 2 aromatic rings. The molecule has 0 aromatic heterocycles. The second kappa shape index (κ2) is 10.2. The van der Waals surface area contributed by atoms with E-state index in [4.69, 9.17) is 16.3 Å². The van der Waals surface area contributed by atoms with Crippen molar-refractivity contribution in [3.63, 3.8) is 0 Å². The van der Waals surface area contributed by atoms with Crippen LogP contribution in [0.3, 0.4) is 0 Å². The molecule has 1 N–H and O–H groups in total. The van der Waals surface area contributed by atoms with Gasteiger partial charge in [-0.15, -0.1) is 0 Å². The molecule has 7 heteroatoms. The van der Waals surface area contributed by atoms with Crippen LogP contribution in [0.15, 0.2) is 54.6 Å². The summed E-state index contributed by atoms with van der Waals surface area (Å²) in [6.45, 7) is 4.37. The van der Waals surface area contributed by atoms with Crippen LogP contribution in [0.2, 0.25) is 5.02 Å². The third-order valence-electron chi connectivity index (χ3n) is 5.04. The lowest BCUT2D eigenvalue weighted by molar-refractivity contribution is -0.135. The minimum absolute atomic E-state index is 0.0769. The van der Waals surface area contributed by atoms with Gasteiger partial charge in [0.1, 0.15) is 11.8 Å². The summed E-state index contributed by atoms with van der Waals surface area (Å²) in [4.78, 5) is 28.9. The smallest absolute Gasteiger partial charge is 0.244 e. The number of benzene rings is 2. The van der Waals surface area contributed by atoms with Gasteiger partial charge in [0.05, 0.1) is 7.11 Å². The maximum Gasteiger partial charge on any atom is 0.244 e. The minimum Gasteiger partial charge on any atom is -0.497 e. The molecule has 3 rings (SSSR count). The Hall–Kier alpha value is -2.99. The Labute approximate surface area is 182 Å². The van der Waals surface area contributed by atoms with Gasteiger partial charge in [-0.05, 0) is 48.9 Å². The van der Waals surface area contributed by atoms with Gasteiger partial charge in [0, 0.05) is 43.0 Å². The quantitative estimate of drug-likeness (QED) is 0.719. The second-order valence-corrected chi connectivity index (χ2v) is 7.57. The van der Waals surface area contributed by atoms with Crippen LogP contribution >= 0.6 is 11.6 Å². The van der Waals surface area contributed by atoms with Gasteiger partial charge >= 0.3 is 0 Å². The van der Waals surface area contributed by atoms with E-state index < -0.39 is 6.04 Å². The van der Waals surface area contributed by atoms with Crippen LogP contribution < -0.4 is 15.0 Å². The molecule has 6 nitrogen and oxygen atoms in total. The van der Waals surface area contributed by atoms with Crippen molar-refractivity contribution in [3.05, 3.63) is 65.2 Å². The van der Waals surface area contributed by atoms with E-state index in [1.165, 1.54) is 6.08 Å². The summed E-state index contributed by atoms with van der Waals surface area (Å²) in [6, 6.07) is 14.5. The van der Waals surface area contributed by atoms with Crippen LogP contribution in [0.4, 0.5) is 5.69 Å². The monoisotopic (exact) mass is 427 g/mol. The van der Waals surface area contributed by atoms with Crippen molar-refractivity contribution in [2.24, 2.45) is 0 Å². The average Bonchev–Trinajstić information content (AvgIpc) is 2.77. The summed E-state index contributed by atoms with van der Waals surface area (Å²) in [7, 11) is 1.60. The van der Waals surface area contributed by atoms with E-state index in [1.54, 1.807) is 25.0 Å². The molecule has 1 fully saturated rings. The number of methoxy groups -OCH3 is 1. The Balaban J connectivity index is 1.48. The maximum absolute atomic E-state index is 12.7. The van der Waals surface area contributed by atoms with E-state index >= 15 is 0 Å². The number of rotatable bonds is 6. The highest BCUT2D eigenvalue weighted by Crippen LogP contribution is 2.21. The minimum atomic E-state index is -0.587. The number of hydrogen-bond acceptors (Lipinski definition) is 4. The molecular weight excluding hydrogens is 402 g/mol. The van der Waals surface area contributed by atoms with E-state index in [9.17, 15) is 9.59 Å². The zero-order chi connectivity index (χ0) is 21.5. The first-order valence-electron chi connectivity index (χ1n) is 9.88. The van der Waals surface area contributed by atoms with E-state index in [2.05, 4.69) is 10.2 Å². The maximum atomic E-state index is 12.7. The van der Waals surface area contributed by atoms with Crippen molar-refractivity contribution in [1.29, 1.82) is 0 Å². The first-order valence-corrected chi connectivity index (χ1v) is 10.3. The lowest BCUT2D eigenvalue weighted by atomic mass is 10.2. The predicted molar refractivity (Wildman–Crippen MR) is 120 cm³/mol. The zero-order valence-electron chi connectivity index (χ0n) is 17.2. The van der Waals surface area contributed by atoms with Crippen molar-refractivity contribution in [1.82, 2.24) is 10.2 Å². The van der Waals surface area contributed by atoms with Crippen molar-refractivity contribution in [2.75, 3.05) is 38.2 Å². The fraction of sp³-hybridized carbons (Fsp3) is 0.304. The number of anilines is 1. The molecule has 1 saturated heterocycles. The van der Waals surface area contributed by atoms with Gasteiger partial charge in [-0.1, -0.05) is 29.8 Å². The molecule has 1 aliphatic rings. The first-order chi connectivity index (χ1) is 14.5. The van der Waals surface area contributed by atoms with Gasteiger partial charge in [-0.25, -0.2) is 0 Å². The summed E-state index contributed by atoms with van der Waals surface area (Å²) >= 11 is 6.07. The normalized spacial score (nSPS) is 15.2. The van der Waals surface area contributed by atoms with Crippen molar-refractivity contribution in [2.45, 2.75) is 13.0 Å². The molecule has 2 amide bonds. The molecule has 1 aliphatic heterocycles. The SMILES string of the molecule is COc1ccc(/C=C/C(=O)N[C@H](C)C(=O)N2CCN(c3cccc(Cl)c3)CC2)cc1. The lowest BCUT2D eigenvalue weighted by Crippen LogP contribution is -2.54. The molecule has 0 aliphatic carbocycles. The molecule has 1 atom stereocenters. The molecule has 0 spiro atoms. The number of nitrogens with zero attached hydrogens (tertiary/aromatic N) is 2. The fourth-order valence-corrected chi connectivity index (χ4v) is 3.53. The van der Waals surface area contributed by atoms with Gasteiger partial charge in [0.25, 0.3) is 0 Å². The molecule has 158 valence electrons. The number of carbonyl (C=O) groups excluding carboxylic acids is 2. The topological polar surface area (TPSA) is 61.9 Å². The van der Waals surface area contributed by atoms with E-state index in [0.29, 0.717) is 18.1 Å². The average molecular weight is 428 g/mol. The van der Waals surface area contributed by atoms with Gasteiger partial charge in [-0.3, -0.25) is 9.59 Å². The molecule has 0 radical (unpaired) electrons. The number of amides is 2. The van der Waals surface area contributed by atoms with Gasteiger partial charge in [-0.2, -0.15) is 0 Å². The third kappa shape index (κ3) is 5.76. The van der Waals surface area contributed by atoms with Gasteiger partial charge in [0.2, 0.25) is 11.8 Å². The molecular formula is C23H26ClN3O3. The number of halogens is 1. The first kappa shape index (κ1) is 21.7. The molecule has 0 saturated carbocycles. The van der Waals surface area contributed by atoms with Crippen molar-refractivity contribution >= 4 is 35.2 Å². The Kier molecular flexibility index (Phi) is 7.36. The highest BCUT2D eigenvalue weighted by molar-refractivity contribution is 6.30. The molecule has 0 unspecified atom stereocenters. The summed E-state index contributed by atoms with van der Waals surface area (Å²) in [6.07, 6.45) is 3.14. The molecule has 1 heterocycles. The second-order valence-electron chi connectivity index (χ2n) is 7.13. The van der Waals surface area contributed by atoms with E-state index in [1.807, 2.05) is 48.5 Å². The van der Waals surface area contributed by atoms with Crippen molar-refractivity contribution in [3.8, 4) is 5.75 Å². The summed E-state index contributed by atoms with van der Waals surface area (Å²) < 4.78 is 5.11. The summed E-state index contributed by atoms with van der Waals surface area (Å²) in [5.41, 5.74) is 1.93. The Morgan fingerprint density at radius 1 is 1.10 bits per heavy atom. The van der Waals surface area contributed by atoms with Crippen LogP contribution in [0, 0.1) is 0 Å². The van der Waals surface area contributed by atoms with Crippen LogP contribution in [0.25, 0.3) is 6.08 Å². The molecule has 0 bridgehead atoms. The zero-order valence-corrected chi connectivity index (χ0v) is 17.9. The largest absolute Gasteiger partial charge is 0.497 e. The highest BCUT2D eigenvalue weighted by Gasteiger charge is 2.25. The summed E-state index contributed by atoms with van der Waals surface area (Å²) in [5, 5.41) is 3.45. The van der Waals surface area contributed by atoms with Crippen LogP contribution in [-0.4, -0.2) is 56.0 Å². The van der Waals surface area contributed by atoms with Gasteiger partial charge < -0.3 is 19.9 Å². The Morgan fingerprint density at radius 3 is 2.43 bits per heavy atom. The standard InChI is InChI=1S/C23H26ClN3O3/c1-17(25-22(28)11-8-18-6-9-21(30-2)10-7-18)23(29)27-14-12-26(13-15-27)20-5-3-4-19(24)16-20/h3-11,16-17H,12-15H2,1-2H3,(H,25,28)/b11-8+/t17-/m1/s1. The van der Waals surface area contributed by atoms with Crippen LogP contribution in [0.5, 0.6) is 5.75 Å². The van der Waals surface area contributed by atoms with E-state index in [0.717, 1.165) is 30.1 Å². The lowest BCUT2D eigenvalue weighted by Gasteiger charge is -2.37.